The van der Waals surface area contributed by atoms with Crippen LogP contribution in [0.2, 0.25) is 0 Å². The van der Waals surface area contributed by atoms with Crippen molar-refractivity contribution in [2.24, 2.45) is 0 Å². The van der Waals surface area contributed by atoms with Gasteiger partial charge in [0.15, 0.2) is 0 Å². The van der Waals surface area contributed by atoms with Gasteiger partial charge in [-0.25, -0.2) is 9.78 Å². The smallest absolute Gasteiger partial charge is 0.341 e. The predicted octanol–water partition coefficient (Wildman–Crippen LogP) is 2.01. The molecule has 0 spiro atoms. The van der Waals surface area contributed by atoms with Crippen LogP contribution >= 0.6 is 22.6 Å². The summed E-state index contributed by atoms with van der Waals surface area (Å²) in [6.45, 7) is 3.57. The minimum Gasteiger partial charge on any atom is -0.480 e. The molecule has 0 aromatic carbocycles. The fourth-order valence-corrected chi connectivity index (χ4v) is 1.59. The number of aromatic carboxylic acids is 1. The first-order valence-corrected chi connectivity index (χ1v) is 5.01. The van der Waals surface area contributed by atoms with Gasteiger partial charge >= 0.3 is 5.97 Å². The number of pyridine rings is 1. The molecule has 1 rings (SSSR count). The molecule has 1 heterocycles. The Morgan fingerprint density at radius 1 is 1.50 bits per heavy atom. The summed E-state index contributed by atoms with van der Waals surface area (Å²) in [4.78, 5) is 15.0. The largest absolute Gasteiger partial charge is 0.480 e. The average molecular weight is 307 g/mol. The summed E-state index contributed by atoms with van der Waals surface area (Å²) in [6, 6.07) is 0. The molecular weight excluding hydrogens is 297 g/mol. The van der Waals surface area contributed by atoms with Crippen molar-refractivity contribution in [2.75, 3.05) is 7.11 Å². The number of carboxylic acids is 1. The zero-order chi connectivity index (χ0) is 10.9. The Labute approximate surface area is 95.4 Å². The molecule has 0 amide bonds. The van der Waals surface area contributed by atoms with E-state index < -0.39 is 5.97 Å². The third kappa shape index (κ3) is 1.82. The van der Waals surface area contributed by atoms with Crippen LogP contribution in [0.25, 0.3) is 0 Å². The van der Waals surface area contributed by atoms with Crippen molar-refractivity contribution >= 4 is 28.6 Å². The molecule has 1 aromatic rings. The van der Waals surface area contributed by atoms with Gasteiger partial charge in [0.25, 0.3) is 0 Å². The van der Waals surface area contributed by atoms with E-state index >= 15 is 0 Å². The van der Waals surface area contributed by atoms with Crippen LogP contribution in [0.3, 0.4) is 0 Å². The number of aromatic nitrogens is 1. The number of hydrogen-bond acceptors (Lipinski definition) is 3. The Morgan fingerprint density at radius 3 is 2.50 bits per heavy atom. The number of rotatable bonds is 2. The molecule has 0 fully saturated rings. The highest BCUT2D eigenvalue weighted by Gasteiger charge is 2.19. The van der Waals surface area contributed by atoms with Crippen molar-refractivity contribution in [1.82, 2.24) is 4.98 Å². The number of nitrogens with zero attached hydrogens (tertiary/aromatic N) is 1. The van der Waals surface area contributed by atoms with E-state index in [2.05, 4.69) is 27.6 Å². The maximum absolute atomic E-state index is 10.9. The van der Waals surface area contributed by atoms with Gasteiger partial charge in [-0.3, -0.25) is 0 Å². The van der Waals surface area contributed by atoms with Gasteiger partial charge in [-0.05, 0) is 42.0 Å². The summed E-state index contributed by atoms with van der Waals surface area (Å²) in [5.74, 6) is -0.835. The lowest BCUT2D eigenvalue weighted by Gasteiger charge is -2.10. The summed E-state index contributed by atoms with van der Waals surface area (Å²) >= 11 is 2.08. The molecule has 4 nitrogen and oxygen atoms in total. The third-order valence-corrected chi connectivity index (χ3v) is 3.50. The SMILES string of the molecule is COc1nc(C)c(I)c(C)c1C(=O)O. The standard InChI is InChI=1S/C9H10INO3/c1-4-6(9(12)13)8(14-3)11-5(2)7(4)10/h1-3H3,(H,12,13). The Balaban J connectivity index is 3.53. The first-order valence-electron chi connectivity index (χ1n) is 3.93. The van der Waals surface area contributed by atoms with Gasteiger partial charge in [0.1, 0.15) is 5.56 Å². The quantitative estimate of drug-likeness (QED) is 0.849. The zero-order valence-corrected chi connectivity index (χ0v) is 10.2. The lowest BCUT2D eigenvalue weighted by atomic mass is 10.1. The number of aryl methyl sites for hydroxylation is 1. The Bertz CT molecular complexity index is 390. The van der Waals surface area contributed by atoms with E-state index in [4.69, 9.17) is 9.84 Å². The maximum atomic E-state index is 10.9. The van der Waals surface area contributed by atoms with Gasteiger partial charge < -0.3 is 9.84 Å². The second-order valence-corrected chi connectivity index (χ2v) is 3.90. The molecule has 0 saturated heterocycles. The molecular formula is C9H10INO3. The number of hydrogen-bond donors (Lipinski definition) is 1. The van der Waals surface area contributed by atoms with Crippen LogP contribution < -0.4 is 4.74 Å². The second kappa shape index (κ2) is 4.12. The van der Waals surface area contributed by atoms with E-state index in [-0.39, 0.29) is 11.4 Å². The highest BCUT2D eigenvalue weighted by molar-refractivity contribution is 14.1. The van der Waals surface area contributed by atoms with Crippen molar-refractivity contribution in [1.29, 1.82) is 0 Å². The van der Waals surface area contributed by atoms with E-state index in [1.165, 1.54) is 7.11 Å². The molecule has 0 aliphatic heterocycles. The molecule has 5 heteroatoms. The molecule has 0 aliphatic carbocycles. The van der Waals surface area contributed by atoms with Crippen molar-refractivity contribution in [3.63, 3.8) is 0 Å². The van der Waals surface area contributed by atoms with Crippen molar-refractivity contribution in [3.8, 4) is 5.88 Å². The fraction of sp³-hybridized carbons (Fsp3) is 0.333. The van der Waals surface area contributed by atoms with Crippen molar-refractivity contribution < 1.29 is 14.6 Å². The lowest BCUT2D eigenvalue weighted by Crippen LogP contribution is -2.08. The van der Waals surface area contributed by atoms with Crippen molar-refractivity contribution in [2.45, 2.75) is 13.8 Å². The molecule has 0 unspecified atom stereocenters. The van der Waals surface area contributed by atoms with E-state index in [1.807, 2.05) is 6.92 Å². The Hall–Kier alpha value is -0.850. The van der Waals surface area contributed by atoms with E-state index in [9.17, 15) is 4.79 Å². The Kier molecular flexibility index (Phi) is 3.30. The molecule has 0 bridgehead atoms. The van der Waals surface area contributed by atoms with Crippen LogP contribution in [0.15, 0.2) is 0 Å². The lowest BCUT2D eigenvalue weighted by molar-refractivity contribution is 0.0691. The van der Waals surface area contributed by atoms with E-state index in [1.54, 1.807) is 6.92 Å². The highest BCUT2D eigenvalue weighted by atomic mass is 127. The molecule has 0 atom stereocenters. The molecule has 76 valence electrons. The number of methoxy groups -OCH3 is 1. The second-order valence-electron chi connectivity index (χ2n) is 2.83. The fourth-order valence-electron chi connectivity index (χ4n) is 1.20. The zero-order valence-electron chi connectivity index (χ0n) is 8.09. The molecule has 1 N–H and O–H groups in total. The number of halogens is 1. The predicted molar refractivity (Wildman–Crippen MR) is 59.9 cm³/mol. The minimum absolute atomic E-state index is 0.141. The molecule has 1 aromatic heterocycles. The van der Waals surface area contributed by atoms with Crippen LogP contribution in [0.5, 0.6) is 5.88 Å². The van der Waals surface area contributed by atoms with Crippen LogP contribution in [-0.4, -0.2) is 23.2 Å². The summed E-state index contributed by atoms with van der Waals surface area (Å²) in [6.07, 6.45) is 0. The molecule has 0 saturated carbocycles. The monoisotopic (exact) mass is 307 g/mol. The summed E-state index contributed by atoms with van der Waals surface area (Å²) < 4.78 is 5.79. The van der Waals surface area contributed by atoms with E-state index in [0.717, 1.165) is 9.26 Å². The molecule has 0 radical (unpaired) electrons. The first-order chi connectivity index (χ1) is 6.49. The minimum atomic E-state index is -1.01. The van der Waals surface area contributed by atoms with Gasteiger partial charge in [-0.2, -0.15) is 0 Å². The van der Waals surface area contributed by atoms with Crippen LogP contribution in [0.1, 0.15) is 21.6 Å². The van der Waals surface area contributed by atoms with Crippen LogP contribution in [0.4, 0.5) is 0 Å². The molecule has 0 aliphatic rings. The summed E-state index contributed by atoms with van der Waals surface area (Å²) in [5, 5.41) is 8.97. The molecule has 14 heavy (non-hydrogen) atoms. The van der Waals surface area contributed by atoms with Gasteiger partial charge in [-0.1, -0.05) is 0 Å². The van der Waals surface area contributed by atoms with Crippen molar-refractivity contribution in [3.05, 3.63) is 20.4 Å². The Morgan fingerprint density at radius 2 is 2.07 bits per heavy atom. The van der Waals surface area contributed by atoms with Crippen LogP contribution in [-0.2, 0) is 0 Å². The number of carbonyl (C=O) groups is 1. The van der Waals surface area contributed by atoms with Gasteiger partial charge in [-0.15, -0.1) is 0 Å². The summed E-state index contributed by atoms with van der Waals surface area (Å²) in [7, 11) is 1.42. The first kappa shape index (κ1) is 11.2. The average Bonchev–Trinajstić information content (AvgIpc) is 2.12. The third-order valence-electron chi connectivity index (χ3n) is 1.91. The van der Waals surface area contributed by atoms with Crippen LogP contribution in [0, 0.1) is 17.4 Å². The highest BCUT2D eigenvalue weighted by Crippen LogP contribution is 2.25. The normalized spacial score (nSPS) is 10.0. The van der Waals surface area contributed by atoms with E-state index in [0.29, 0.717) is 5.56 Å². The van der Waals surface area contributed by atoms with Gasteiger partial charge in [0, 0.05) is 3.57 Å². The number of ether oxygens (including phenoxy) is 1. The van der Waals surface area contributed by atoms with Gasteiger partial charge in [0.05, 0.1) is 12.8 Å². The topological polar surface area (TPSA) is 59.4 Å². The number of carboxylic acid groups (broad SMARTS) is 1. The summed E-state index contributed by atoms with van der Waals surface area (Å²) in [5.41, 5.74) is 1.62. The van der Waals surface area contributed by atoms with Gasteiger partial charge in [0.2, 0.25) is 5.88 Å². The maximum Gasteiger partial charge on any atom is 0.341 e.